The van der Waals surface area contributed by atoms with E-state index in [9.17, 15) is 0 Å². The van der Waals surface area contributed by atoms with Crippen LogP contribution in [-0.2, 0) is 6.42 Å². The van der Waals surface area contributed by atoms with Crippen LogP contribution in [0.3, 0.4) is 0 Å². The molecule has 0 aliphatic carbocycles. The molecule has 0 amide bonds. The number of guanidine groups is 1. The zero-order chi connectivity index (χ0) is 20.4. The van der Waals surface area contributed by atoms with Gasteiger partial charge in [0.1, 0.15) is 0 Å². The Labute approximate surface area is 194 Å². The Morgan fingerprint density at radius 1 is 1.17 bits per heavy atom. The van der Waals surface area contributed by atoms with Crippen molar-refractivity contribution in [2.24, 2.45) is 10.9 Å². The van der Waals surface area contributed by atoms with Crippen molar-refractivity contribution >= 4 is 29.9 Å². The number of halogens is 1. The van der Waals surface area contributed by atoms with Gasteiger partial charge in [-0.05, 0) is 56.0 Å². The minimum Gasteiger partial charge on any atom is -0.493 e. The van der Waals surface area contributed by atoms with E-state index in [0.29, 0.717) is 5.92 Å². The highest BCUT2D eigenvalue weighted by Gasteiger charge is 2.14. The van der Waals surface area contributed by atoms with Crippen molar-refractivity contribution in [2.75, 3.05) is 61.0 Å². The van der Waals surface area contributed by atoms with Crippen molar-refractivity contribution in [3.05, 3.63) is 23.8 Å². The van der Waals surface area contributed by atoms with Gasteiger partial charge in [0.2, 0.25) is 0 Å². The highest BCUT2D eigenvalue weighted by molar-refractivity contribution is 14.0. The molecule has 0 spiro atoms. The van der Waals surface area contributed by atoms with Crippen LogP contribution < -0.4 is 14.8 Å². The Balaban J connectivity index is 0.00000420. The van der Waals surface area contributed by atoms with Crippen molar-refractivity contribution in [3.8, 4) is 11.5 Å². The minimum atomic E-state index is 0. The lowest BCUT2D eigenvalue weighted by Gasteiger charge is -2.30. The fraction of sp³-hybridized carbons (Fsp3) is 0.682. The molecule has 1 aliphatic rings. The van der Waals surface area contributed by atoms with Gasteiger partial charge in [-0.1, -0.05) is 19.4 Å². The topological polar surface area (TPSA) is 49.3 Å². The van der Waals surface area contributed by atoms with E-state index in [1.807, 2.05) is 19.2 Å². The summed E-state index contributed by atoms with van der Waals surface area (Å²) in [5.41, 5.74) is 1.22. The highest BCUT2D eigenvalue weighted by Crippen LogP contribution is 2.27. The van der Waals surface area contributed by atoms with Gasteiger partial charge in [-0.25, -0.2) is 0 Å². The van der Waals surface area contributed by atoms with Crippen molar-refractivity contribution in [1.29, 1.82) is 0 Å². The van der Waals surface area contributed by atoms with E-state index < -0.39 is 0 Å². The molecule has 1 heterocycles. The van der Waals surface area contributed by atoms with Gasteiger partial charge in [0.05, 0.1) is 14.2 Å². The number of piperidine rings is 1. The maximum absolute atomic E-state index is 5.40. The first kappa shape index (κ1) is 25.8. The number of hydrogen-bond acceptors (Lipinski definition) is 4. The summed E-state index contributed by atoms with van der Waals surface area (Å²) in [4.78, 5) is 9.23. The van der Waals surface area contributed by atoms with Gasteiger partial charge < -0.3 is 24.6 Å². The normalized spacial score (nSPS) is 16.0. The maximum Gasteiger partial charge on any atom is 0.193 e. The first-order chi connectivity index (χ1) is 13.6. The van der Waals surface area contributed by atoms with E-state index >= 15 is 0 Å². The third kappa shape index (κ3) is 8.58. The van der Waals surface area contributed by atoms with E-state index in [2.05, 4.69) is 40.1 Å². The van der Waals surface area contributed by atoms with Gasteiger partial charge >= 0.3 is 0 Å². The number of likely N-dealkylation sites (tertiary alicyclic amines) is 1. The van der Waals surface area contributed by atoms with E-state index in [1.165, 1.54) is 44.5 Å². The number of aliphatic imine (C=N–C) groups is 1. The Hall–Kier alpha value is -1.22. The summed E-state index contributed by atoms with van der Waals surface area (Å²) in [6, 6.07) is 6.10. The van der Waals surface area contributed by atoms with Gasteiger partial charge in [0.25, 0.3) is 0 Å². The molecule has 1 unspecified atom stereocenters. The number of methoxy groups -OCH3 is 2. The molecule has 2 rings (SSSR count). The van der Waals surface area contributed by atoms with Crippen molar-refractivity contribution in [1.82, 2.24) is 15.1 Å². The minimum absolute atomic E-state index is 0. The Bertz CT molecular complexity index is 621. The summed E-state index contributed by atoms with van der Waals surface area (Å²) in [6.07, 6.45) is 5.00. The van der Waals surface area contributed by atoms with E-state index in [1.54, 1.807) is 14.2 Å². The molecule has 0 bridgehead atoms. The van der Waals surface area contributed by atoms with Crippen molar-refractivity contribution in [2.45, 2.75) is 32.6 Å². The molecule has 0 aromatic heterocycles. The molecule has 1 aliphatic heterocycles. The van der Waals surface area contributed by atoms with E-state index in [0.717, 1.165) is 37.0 Å². The number of nitrogens with one attached hydrogen (secondary N) is 1. The fourth-order valence-electron chi connectivity index (χ4n) is 3.74. The largest absolute Gasteiger partial charge is 0.493 e. The molecular weight excluding hydrogens is 479 g/mol. The molecule has 166 valence electrons. The first-order valence-electron chi connectivity index (χ1n) is 10.4. The van der Waals surface area contributed by atoms with E-state index in [4.69, 9.17) is 9.47 Å². The lowest BCUT2D eigenvalue weighted by molar-refractivity contribution is 0.200. The van der Waals surface area contributed by atoms with Crippen LogP contribution >= 0.6 is 24.0 Å². The zero-order valence-corrected chi connectivity index (χ0v) is 21.1. The summed E-state index contributed by atoms with van der Waals surface area (Å²) in [6.45, 7) is 7.83. The van der Waals surface area contributed by atoms with Crippen molar-refractivity contribution in [3.63, 3.8) is 0 Å². The summed E-state index contributed by atoms with van der Waals surface area (Å²) in [5, 5.41) is 3.54. The summed E-state index contributed by atoms with van der Waals surface area (Å²) >= 11 is 0. The zero-order valence-electron chi connectivity index (χ0n) is 18.7. The lowest BCUT2D eigenvalue weighted by Crippen LogP contribution is -2.43. The number of hydrogen-bond donors (Lipinski definition) is 1. The monoisotopic (exact) mass is 518 g/mol. The van der Waals surface area contributed by atoms with Gasteiger partial charge in [0, 0.05) is 33.7 Å². The SMILES string of the molecule is CN=C(NCC(C)CN1CCCCC1)N(C)CCc1ccc(OC)c(OC)c1.I. The number of nitrogens with zero attached hydrogens (tertiary/aromatic N) is 3. The van der Waals surface area contributed by atoms with Crippen LogP contribution in [0.5, 0.6) is 11.5 Å². The van der Waals surface area contributed by atoms with Crippen LogP contribution in [0.4, 0.5) is 0 Å². The number of benzene rings is 1. The Kier molecular flexibility index (Phi) is 12.4. The molecule has 29 heavy (non-hydrogen) atoms. The molecule has 6 nitrogen and oxygen atoms in total. The summed E-state index contributed by atoms with van der Waals surface area (Å²) < 4.78 is 10.7. The van der Waals surface area contributed by atoms with Crippen molar-refractivity contribution < 1.29 is 9.47 Å². The molecule has 0 saturated carbocycles. The predicted molar refractivity (Wildman–Crippen MR) is 132 cm³/mol. The summed E-state index contributed by atoms with van der Waals surface area (Å²) in [5.74, 6) is 3.09. The third-order valence-electron chi connectivity index (χ3n) is 5.38. The highest BCUT2D eigenvalue weighted by atomic mass is 127. The molecule has 1 saturated heterocycles. The Morgan fingerprint density at radius 3 is 2.48 bits per heavy atom. The third-order valence-corrected chi connectivity index (χ3v) is 5.38. The van der Waals surface area contributed by atoms with Gasteiger partial charge in [-0.2, -0.15) is 0 Å². The van der Waals surface area contributed by atoms with Crippen LogP contribution in [0.1, 0.15) is 31.7 Å². The van der Waals surface area contributed by atoms with Gasteiger partial charge in [-0.3, -0.25) is 4.99 Å². The number of likely N-dealkylation sites (N-methyl/N-ethyl adjacent to an activating group) is 1. The first-order valence-corrected chi connectivity index (χ1v) is 10.4. The van der Waals surface area contributed by atoms with Crippen LogP contribution in [0.15, 0.2) is 23.2 Å². The molecule has 1 N–H and O–H groups in total. The molecular formula is C22H39IN4O2. The second-order valence-corrected chi connectivity index (χ2v) is 7.76. The standard InChI is InChI=1S/C22H38N4O2.HI/c1-18(17-26-12-7-6-8-13-26)16-24-22(23-2)25(3)14-11-19-9-10-20(27-4)21(15-19)28-5;/h9-10,15,18H,6-8,11-14,16-17H2,1-5H3,(H,23,24);1H. The number of rotatable bonds is 9. The van der Waals surface area contributed by atoms with Crippen LogP contribution in [0.2, 0.25) is 0 Å². The molecule has 1 atom stereocenters. The molecule has 1 aromatic carbocycles. The molecule has 0 radical (unpaired) electrons. The molecule has 7 heteroatoms. The predicted octanol–water partition coefficient (Wildman–Crippen LogP) is 3.49. The van der Waals surface area contributed by atoms with Crippen LogP contribution in [-0.4, -0.2) is 76.8 Å². The van der Waals surface area contributed by atoms with Gasteiger partial charge in [-0.15, -0.1) is 24.0 Å². The van der Waals surface area contributed by atoms with Crippen LogP contribution in [0.25, 0.3) is 0 Å². The average Bonchev–Trinajstić information content (AvgIpc) is 2.73. The number of ether oxygens (including phenoxy) is 2. The van der Waals surface area contributed by atoms with E-state index in [-0.39, 0.29) is 24.0 Å². The molecule has 1 fully saturated rings. The second kappa shape index (κ2) is 13.9. The van der Waals surface area contributed by atoms with Gasteiger partial charge in [0.15, 0.2) is 17.5 Å². The Morgan fingerprint density at radius 2 is 1.86 bits per heavy atom. The van der Waals surface area contributed by atoms with Crippen LogP contribution in [0, 0.1) is 5.92 Å². The summed E-state index contributed by atoms with van der Waals surface area (Å²) in [7, 11) is 7.27. The maximum atomic E-state index is 5.40. The quantitative estimate of drug-likeness (QED) is 0.308. The average molecular weight is 518 g/mol. The second-order valence-electron chi connectivity index (χ2n) is 7.76. The molecule has 1 aromatic rings. The smallest absolute Gasteiger partial charge is 0.193 e. The lowest BCUT2D eigenvalue weighted by atomic mass is 10.1. The fourth-order valence-corrected chi connectivity index (χ4v) is 3.74.